The highest BCUT2D eigenvalue weighted by Gasteiger charge is 2.10. The van der Waals surface area contributed by atoms with E-state index in [9.17, 15) is 4.79 Å². The summed E-state index contributed by atoms with van der Waals surface area (Å²) in [6, 6.07) is 15.2. The van der Waals surface area contributed by atoms with Gasteiger partial charge in [-0.25, -0.2) is 9.67 Å². The Morgan fingerprint density at radius 2 is 1.82 bits per heavy atom. The Hall–Kier alpha value is -3.35. The standard InChI is InChI=1S/C21H24N4O3/c1-16(17-5-7-18(8-6-17)25-15-22-14-23-25)24-21(26)4-3-13-28-20-11-9-19(27-2)10-12-20/h5-12,14-16H,3-4,13H2,1-2H3,(H,24,26)/t16-/m1/s1. The van der Waals surface area contributed by atoms with Gasteiger partial charge in [0.05, 0.1) is 25.4 Å². The first-order valence-corrected chi connectivity index (χ1v) is 9.17. The SMILES string of the molecule is COc1ccc(OCCCC(=O)N[C@H](C)c2ccc(-n3cncn3)cc2)cc1. The Balaban J connectivity index is 1.40. The van der Waals surface area contributed by atoms with Crippen LogP contribution in [0, 0.1) is 0 Å². The molecule has 0 radical (unpaired) electrons. The molecule has 1 N–H and O–H groups in total. The highest BCUT2D eigenvalue weighted by atomic mass is 16.5. The Kier molecular flexibility index (Phi) is 6.62. The molecule has 7 nitrogen and oxygen atoms in total. The molecule has 146 valence electrons. The smallest absolute Gasteiger partial charge is 0.220 e. The van der Waals surface area contributed by atoms with Crippen molar-refractivity contribution in [2.75, 3.05) is 13.7 Å². The molecule has 0 fully saturated rings. The summed E-state index contributed by atoms with van der Waals surface area (Å²) in [4.78, 5) is 16.1. The summed E-state index contributed by atoms with van der Waals surface area (Å²) in [6.07, 6.45) is 4.21. The van der Waals surface area contributed by atoms with Crippen LogP contribution in [0.3, 0.4) is 0 Å². The van der Waals surface area contributed by atoms with Crippen LogP contribution in [0.15, 0.2) is 61.2 Å². The molecule has 1 amide bonds. The number of benzene rings is 2. The van der Waals surface area contributed by atoms with Gasteiger partial charge >= 0.3 is 0 Å². The van der Waals surface area contributed by atoms with Crippen LogP contribution in [0.5, 0.6) is 11.5 Å². The van der Waals surface area contributed by atoms with Crippen molar-refractivity contribution < 1.29 is 14.3 Å². The van der Waals surface area contributed by atoms with Crippen LogP contribution in [-0.2, 0) is 4.79 Å². The third kappa shape index (κ3) is 5.33. The first-order chi connectivity index (χ1) is 13.7. The number of carbonyl (C=O) groups excluding carboxylic acids is 1. The molecule has 0 aliphatic carbocycles. The zero-order valence-electron chi connectivity index (χ0n) is 16.0. The van der Waals surface area contributed by atoms with Gasteiger partial charge in [0.2, 0.25) is 5.91 Å². The lowest BCUT2D eigenvalue weighted by Gasteiger charge is -2.15. The number of hydrogen-bond donors (Lipinski definition) is 1. The third-order valence-corrected chi connectivity index (χ3v) is 4.33. The van der Waals surface area contributed by atoms with Crippen molar-refractivity contribution in [3.63, 3.8) is 0 Å². The third-order valence-electron chi connectivity index (χ3n) is 4.33. The molecule has 0 bridgehead atoms. The van der Waals surface area contributed by atoms with Crippen LogP contribution >= 0.6 is 0 Å². The Labute approximate surface area is 164 Å². The molecular weight excluding hydrogens is 356 g/mol. The number of carbonyl (C=O) groups is 1. The number of ether oxygens (including phenoxy) is 2. The van der Waals surface area contributed by atoms with Gasteiger partial charge in [0.25, 0.3) is 0 Å². The molecule has 1 atom stereocenters. The summed E-state index contributed by atoms with van der Waals surface area (Å²) in [6.45, 7) is 2.46. The highest BCUT2D eigenvalue weighted by Crippen LogP contribution is 2.18. The predicted octanol–water partition coefficient (Wildman–Crippen LogP) is 3.31. The zero-order chi connectivity index (χ0) is 19.8. The predicted molar refractivity (Wildman–Crippen MR) is 106 cm³/mol. The summed E-state index contributed by atoms with van der Waals surface area (Å²) < 4.78 is 12.4. The summed E-state index contributed by atoms with van der Waals surface area (Å²) in [5.74, 6) is 1.56. The molecule has 0 saturated carbocycles. The monoisotopic (exact) mass is 380 g/mol. The van der Waals surface area contributed by atoms with Crippen molar-refractivity contribution in [1.29, 1.82) is 0 Å². The molecule has 7 heteroatoms. The molecule has 0 unspecified atom stereocenters. The van der Waals surface area contributed by atoms with Crippen LogP contribution < -0.4 is 14.8 Å². The number of aromatic nitrogens is 3. The molecule has 0 saturated heterocycles. The van der Waals surface area contributed by atoms with Crippen LogP contribution in [-0.4, -0.2) is 34.4 Å². The van der Waals surface area contributed by atoms with Crippen molar-refractivity contribution in [3.05, 3.63) is 66.7 Å². The minimum absolute atomic E-state index is 0.00573. The average Bonchev–Trinajstić information content (AvgIpc) is 3.26. The average molecular weight is 380 g/mol. The number of rotatable bonds is 9. The van der Waals surface area contributed by atoms with Gasteiger partial charge in [0, 0.05) is 6.42 Å². The number of methoxy groups -OCH3 is 1. The van der Waals surface area contributed by atoms with E-state index in [1.807, 2.05) is 55.5 Å². The van der Waals surface area contributed by atoms with Crippen molar-refractivity contribution in [2.24, 2.45) is 0 Å². The molecule has 28 heavy (non-hydrogen) atoms. The fraction of sp³-hybridized carbons (Fsp3) is 0.286. The van der Waals surface area contributed by atoms with Gasteiger partial charge in [0.15, 0.2) is 0 Å². The Morgan fingerprint density at radius 3 is 2.46 bits per heavy atom. The van der Waals surface area contributed by atoms with E-state index >= 15 is 0 Å². The van der Waals surface area contributed by atoms with Crippen molar-refractivity contribution in [2.45, 2.75) is 25.8 Å². The van der Waals surface area contributed by atoms with E-state index in [0.717, 1.165) is 22.7 Å². The number of hydrogen-bond acceptors (Lipinski definition) is 5. The molecule has 2 aromatic carbocycles. The lowest BCUT2D eigenvalue weighted by molar-refractivity contribution is -0.121. The molecule has 0 aliphatic rings. The van der Waals surface area contributed by atoms with Gasteiger partial charge in [-0.05, 0) is 55.3 Å². The zero-order valence-corrected chi connectivity index (χ0v) is 16.0. The van der Waals surface area contributed by atoms with E-state index in [0.29, 0.717) is 19.4 Å². The summed E-state index contributed by atoms with van der Waals surface area (Å²) in [5.41, 5.74) is 1.96. The number of amides is 1. The normalized spacial score (nSPS) is 11.6. The minimum atomic E-state index is -0.0696. The molecule has 0 spiro atoms. The van der Waals surface area contributed by atoms with Crippen molar-refractivity contribution >= 4 is 5.91 Å². The second kappa shape index (κ2) is 9.55. The van der Waals surface area contributed by atoms with E-state index in [1.165, 1.54) is 6.33 Å². The van der Waals surface area contributed by atoms with E-state index in [4.69, 9.17) is 9.47 Å². The summed E-state index contributed by atoms with van der Waals surface area (Å²) in [5, 5.41) is 7.12. The lowest BCUT2D eigenvalue weighted by atomic mass is 10.1. The molecule has 1 aromatic heterocycles. The second-order valence-electron chi connectivity index (χ2n) is 6.35. The van der Waals surface area contributed by atoms with Crippen LogP contribution in [0.1, 0.15) is 31.4 Å². The van der Waals surface area contributed by atoms with Crippen LogP contribution in [0.25, 0.3) is 5.69 Å². The maximum absolute atomic E-state index is 12.2. The second-order valence-corrected chi connectivity index (χ2v) is 6.35. The fourth-order valence-corrected chi connectivity index (χ4v) is 2.75. The maximum atomic E-state index is 12.2. The van der Waals surface area contributed by atoms with E-state index in [-0.39, 0.29) is 11.9 Å². The highest BCUT2D eigenvalue weighted by molar-refractivity contribution is 5.76. The number of nitrogens with zero attached hydrogens (tertiary/aromatic N) is 3. The van der Waals surface area contributed by atoms with Gasteiger partial charge in [-0.2, -0.15) is 5.10 Å². The molecule has 3 rings (SSSR count). The van der Waals surface area contributed by atoms with E-state index in [2.05, 4.69) is 15.4 Å². The maximum Gasteiger partial charge on any atom is 0.220 e. The Bertz CT molecular complexity index is 862. The van der Waals surface area contributed by atoms with Crippen LogP contribution in [0.2, 0.25) is 0 Å². The minimum Gasteiger partial charge on any atom is -0.497 e. The van der Waals surface area contributed by atoms with Gasteiger partial charge < -0.3 is 14.8 Å². The van der Waals surface area contributed by atoms with Gasteiger partial charge in [-0.3, -0.25) is 4.79 Å². The largest absolute Gasteiger partial charge is 0.497 e. The quantitative estimate of drug-likeness (QED) is 0.576. The topological polar surface area (TPSA) is 78.3 Å². The number of nitrogens with one attached hydrogen (secondary N) is 1. The van der Waals surface area contributed by atoms with E-state index < -0.39 is 0 Å². The van der Waals surface area contributed by atoms with E-state index in [1.54, 1.807) is 18.1 Å². The summed E-state index contributed by atoms with van der Waals surface area (Å²) >= 11 is 0. The van der Waals surface area contributed by atoms with Gasteiger partial charge in [-0.15, -0.1) is 0 Å². The summed E-state index contributed by atoms with van der Waals surface area (Å²) in [7, 11) is 1.63. The molecule has 3 aromatic rings. The fourth-order valence-electron chi connectivity index (χ4n) is 2.75. The molecular formula is C21H24N4O3. The Morgan fingerprint density at radius 1 is 1.11 bits per heavy atom. The van der Waals surface area contributed by atoms with Crippen molar-refractivity contribution in [3.8, 4) is 17.2 Å². The van der Waals surface area contributed by atoms with Crippen molar-refractivity contribution in [1.82, 2.24) is 20.1 Å². The first-order valence-electron chi connectivity index (χ1n) is 9.17. The van der Waals surface area contributed by atoms with Gasteiger partial charge in [-0.1, -0.05) is 12.1 Å². The lowest BCUT2D eigenvalue weighted by Crippen LogP contribution is -2.26. The molecule has 0 aliphatic heterocycles. The molecule has 1 heterocycles. The first kappa shape index (κ1) is 19.4. The van der Waals surface area contributed by atoms with Crippen LogP contribution in [0.4, 0.5) is 0 Å². The van der Waals surface area contributed by atoms with Gasteiger partial charge in [0.1, 0.15) is 24.2 Å².